The Hall–Kier alpha value is -1.79. The second-order valence-corrected chi connectivity index (χ2v) is 4.98. The number of carbonyl (C=O) groups is 1. The molecule has 0 aliphatic heterocycles. The van der Waals surface area contributed by atoms with Crippen molar-refractivity contribution in [2.45, 2.75) is 13.0 Å². The van der Waals surface area contributed by atoms with E-state index in [1.807, 2.05) is 0 Å². The lowest BCUT2D eigenvalue weighted by molar-refractivity contribution is 0.0939. The number of nitrogens with zero attached hydrogens (tertiary/aromatic N) is 2. The monoisotopic (exact) mass is 331 g/mol. The van der Waals surface area contributed by atoms with Gasteiger partial charge in [0.15, 0.2) is 10.3 Å². The summed E-state index contributed by atoms with van der Waals surface area (Å²) in [6.07, 6.45) is 0. The lowest BCUT2D eigenvalue weighted by Crippen LogP contribution is -2.27. The molecule has 2 rings (SSSR count). The van der Waals surface area contributed by atoms with Crippen molar-refractivity contribution < 1.29 is 13.6 Å². The molecular formula is C13H9Cl2F2N3O. The van der Waals surface area contributed by atoms with Gasteiger partial charge in [0, 0.05) is 11.6 Å². The van der Waals surface area contributed by atoms with E-state index in [9.17, 15) is 13.6 Å². The van der Waals surface area contributed by atoms with E-state index in [0.717, 1.165) is 12.1 Å². The fourth-order valence-corrected chi connectivity index (χ4v) is 2.04. The lowest BCUT2D eigenvalue weighted by atomic mass is 10.1. The molecule has 110 valence electrons. The molecule has 0 spiro atoms. The van der Waals surface area contributed by atoms with Crippen molar-refractivity contribution in [2.75, 3.05) is 0 Å². The Bertz CT molecular complexity index is 697. The van der Waals surface area contributed by atoms with Crippen molar-refractivity contribution in [1.29, 1.82) is 0 Å². The van der Waals surface area contributed by atoms with Gasteiger partial charge in [-0.25, -0.2) is 8.78 Å². The smallest absolute Gasteiger partial charge is 0.255 e. The van der Waals surface area contributed by atoms with Crippen LogP contribution >= 0.6 is 23.2 Å². The van der Waals surface area contributed by atoms with Gasteiger partial charge in [-0.15, -0.1) is 10.2 Å². The molecule has 1 N–H and O–H groups in total. The topological polar surface area (TPSA) is 54.9 Å². The number of carbonyl (C=O) groups excluding carboxylic acids is 1. The molecule has 2 aromatic rings. The predicted molar refractivity (Wildman–Crippen MR) is 74.3 cm³/mol. The zero-order valence-electron chi connectivity index (χ0n) is 10.7. The number of benzene rings is 1. The van der Waals surface area contributed by atoms with E-state index in [1.165, 1.54) is 12.1 Å². The van der Waals surface area contributed by atoms with Crippen LogP contribution in [-0.4, -0.2) is 16.1 Å². The van der Waals surface area contributed by atoms with Crippen LogP contribution in [0.4, 0.5) is 8.78 Å². The number of halogens is 4. The van der Waals surface area contributed by atoms with Gasteiger partial charge in [-0.1, -0.05) is 29.3 Å². The molecule has 0 aliphatic carbocycles. The maximum absolute atomic E-state index is 13.6. The third-order valence-electron chi connectivity index (χ3n) is 2.74. The van der Waals surface area contributed by atoms with Gasteiger partial charge in [0.1, 0.15) is 11.6 Å². The molecule has 0 radical (unpaired) electrons. The van der Waals surface area contributed by atoms with Gasteiger partial charge >= 0.3 is 0 Å². The van der Waals surface area contributed by atoms with Crippen LogP contribution in [-0.2, 0) is 0 Å². The van der Waals surface area contributed by atoms with Crippen molar-refractivity contribution in [2.24, 2.45) is 0 Å². The number of rotatable bonds is 3. The first-order chi connectivity index (χ1) is 9.88. The Labute approximate surface area is 129 Å². The maximum atomic E-state index is 13.6. The minimum Gasteiger partial charge on any atom is -0.345 e. The number of hydrogen-bond acceptors (Lipinski definition) is 3. The van der Waals surface area contributed by atoms with E-state index in [-0.39, 0.29) is 21.4 Å². The highest BCUT2D eigenvalue weighted by atomic mass is 35.5. The predicted octanol–water partition coefficient (Wildman–Crippen LogP) is 3.55. The van der Waals surface area contributed by atoms with Gasteiger partial charge < -0.3 is 5.32 Å². The normalized spacial score (nSPS) is 12.0. The zero-order chi connectivity index (χ0) is 15.6. The van der Waals surface area contributed by atoms with Crippen LogP contribution in [0.1, 0.15) is 28.9 Å². The van der Waals surface area contributed by atoms with Gasteiger partial charge in [-0.05, 0) is 19.1 Å². The highest BCUT2D eigenvalue weighted by molar-refractivity contribution is 6.34. The van der Waals surface area contributed by atoms with Gasteiger partial charge in [-0.3, -0.25) is 4.79 Å². The van der Waals surface area contributed by atoms with Crippen LogP contribution in [0.25, 0.3) is 0 Å². The van der Waals surface area contributed by atoms with Gasteiger partial charge in [0.2, 0.25) is 0 Å². The van der Waals surface area contributed by atoms with E-state index in [2.05, 4.69) is 15.5 Å². The van der Waals surface area contributed by atoms with Crippen molar-refractivity contribution in [3.05, 3.63) is 57.3 Å². The Kier molecular flexibility index (Phi) is 4.69. The first-order valence-electron chi connectivity index (χ1n) is 5.83. The van der Waals surface area contributed by atoms with Crippen molar-refractivity contribution >= 4 is 29.1 Å². The van der Waals surface area contributed by atoms with E-state index < -0.39 is 23.6 Å². The van der Waals surface area contributed by atoms with Gasteiger partial charge in [0.25, 0.3) is 5.91 Å². The summed E-state index contributed by atoms with van der Waals surface area (Å²) in [7, 11) is 0. The Morgan fingerprint density at radius 1 is 1.24 bits per heavy atom. The molecule has 8 heteroatoms. The van der Waals surface area contributed by atoms with Crippen molar-refractivity contribution in [1.82, 2.24) is 15.5 Å². The zero-order valence-corrected chi connectivity index (χ0v) is 12.2. The minimum atomic E-state index is -0.750. The van der Waals surface area contributed by atoms with E-state index in [1.54, 1.807) is 6.92 Å². The highest BCUT2D eigenvalue weighted by Gasteiger charge is 2.18. The molecule has 1 aromatic heterocycles. The molecule has 1 heterocycles. The molecule has 1 aromatic carbocycles. The van der Waals surface area contributed by atoms with Crippen LogP contribution in [0.15, 0.2) is 24.3 Å². The molecule has 21 heavy (non-hydrogen) atoms. The summed E-state index contributed by atoms with van der Waals surface area (Å²) in [5.41, 5.74) is 0.167. The largest absolute Gasteiger partial charge is 0.345 e. The maximum Gasteiger partial charge on any atom is 0.255 e. The molecule has 4 nitrogen and oxygen atoms in total. The van der Waals surface area contributed by atoms with Crippen LogP contribution in [0.5, 0.6) is 0 Å². The minimum absolute atomic E-state index is 0.00478. The number of amides is 1. The molecule has 0 bridgehead atoms. The standard InChI is InChI=1S/C13H9Cl2F2N3O/c1-6(8-3-2-7(16)4-10(8)17)18-13(21)9-5-11(14)19-20-12(9)15/h2-6H,1H3,(H,18,21)/t6-/m1/s1. The van der Waals surface area contributed by atoms with Crippen LogP contribution < -0.4 is 5.32 Å². The van der Waals surface area contributed by atoms with Crippen LogP contribution in [0, 0.1) is 11.6 Å². The molecule has 1 atom stereocenters. The summed E-state index contributed by atoms with van der Waals surface area (Å²) in [4.78, 5) is 12.1. The van der Waals surface area contributed by atoms with Crippen LogP contribution in [0.3, 0.4) is 0 Å². The quantitative estimate of drug-likeness (QED) is 0.935. The number of nitrogens with one attached hydrogen (secondary N) is 1. The second-order valence-electron chi connectivity index (χ2n) is 4.23. The van der Waals surface area contributed by atoms with Gasteiger partial charge in [0.05, 0.1) is 11.6 Å². The van der Waals surface area contributed by atoms with E-state index in [4.69, 9.17) is 23.2 Å². The Morgan fingerprint density at radius 2 is 1.95 bits per heavy atom. The molecule has 0 saturated heterocycles. The van der Waals surface area contributed by atoms with Gasteiger partial charge in [-0.2, -0.15) is 0 Å². The average molecular weight is 332 g/mol. The molecule has 1 amide bonds. The average Bonchev–Trinajstić information content (AvgIpc) is 2.41. The molecule has 0 saturated carbocycles. The first kappa shape index (κ1) is 15.6. The van der Waals surface area contributed by atoms with E-state index >= 15 is 0 Å². The van der Waals surface area contributed by atoms with E-state index in [0.29, 0.717) is 0 Å². The highest BCUT2D eigenvalue weighted by Crippen LogP contribution is 2.20. The first-order valence-corrected chi connectivity index (χ1v) is 6.58. The SMILES string of the molecule is C[C@@H](NC(=O)c1cc(Cl)nnc1Cl)c1ccc(F)cc1F. The second kappa shape index (κ2) is 6.32. The van der Waals surface area contributed by atoms with Crippen molar-refractivity contribution in [3.63, 3.8) is 0 Å². The molecular weight excluding hydrogens is 323 g/mol. The van der Waals surface area contributed by atoms with Crippen LogP contribution in [0.2, 0.25) is 10.3 Å². The summed E-state index contributed by atoms with van der Waals surface area (Å²) in [6, 6.07) is 3.67. The summed E-state index contributed by atoms with van der Waals surface area (Å²) in [5.74, 6) is -2.03. The number of hydrogen-bond donors (Lipinski definition) is 1. The fraction of sp³-hybridized carbons (Fsp3) is 0.154. The third-order valence-corrected chi connectivity index (χ3v) is 3.20. The molecule has 0 aliphatic rings. The Morgan fingerprint density at radius 3 is 2.62 bits per heavy atom. The van der Waals surface area contributed by atoms with Crippen molar-refractivity contribution in [3.8, 4) is 0 Å². The molecule has 0 unspecified atom stereocenters. The summed E-state index contributed by atoms with van der Waals surface area (Å²) >= 11 is 11.4. The molecule has 0 fully saturated rings. The summed E-state index contributed by atoms with van der Waals surface area (Å²) in [6.45, 7) is 1.55. The number of aromatic nitrogens is 2. The fourth-order valence-electron chi connectivity index (χ4n) is 1.72. The summed E-state index contributed by atoms with van der Waals surface area (Å²) in [5, 5.41) is 9.40. The Balaban J connectivity index is 2.20. The summed E-state index contributed by atoms with van der Waals surface area (Å²) < 4.78 is 26.5. The lowest BCUT2D eigenvalue weighted by Gasteiger charge is -2.15. The third kappa shape index (κ3) is 3.65.